The van der Waals surface area contributed by atoms with Crippen LogP contribution in [0.1, 0.15) is 57.2 Å². The maximum atomic E-state index is 13.5. The average molecular weight is 590 g/mol. The van der Waals surface area contributed by atoms with Gasteiger partial charge >= 0.3 is 6.18 Å². The van der Waals surface area contributed by atoms with Gasteiger partial charge in [0.2, 0.25) is 0 Å². The summed E-state index contributed by atoms with van der Waals surface area (Å²) in [5.74, 6) is 0.530. The van der Waals surface area contributed by atoms with Crippen LogP contribution in [0, 0.1) is 6.92 Å². The number of nitrogens with zero attached hydrogens (tertiary/aromatic N) is 5. The van der Waals surface area contributed by atoms with E-state index in [1.165, 1.54) is 23.3 Å². The molecule has 43 heavy (non-hydrogen) atoms. The van der Waals surface area contributed by atoms with E-state index < -0.39 is 11.7 Å². The molecular weight excluding hydrogens is 551 g/mol. The van der Waals surface area contributed by atoms with E-state index in [2.05, 4.69) is 45.1 Å². The summed E-state index contributed by atoms with van der Waals surface area (Å²) < 4.78 is 40.6. The highest BCUT2D eigenvalue weighted by molar-refractivity contribution is 5.99. The number of aryl methyl sites for hydroxylation is 2. The van der Waals surface area contributed by atoms with Crippen LogP contribution in [0.2, 0.25) is 0 Å². The summed E-state index contributed by atoms with van der Waals surface area (Å²) in [4.78, 5) is 24.5. The van der Waals surface area contributed by atoms with Crippen LogP contribution in [-0.4, -0.2) is 69.4 Å². The number of fused-ring (bicyclic) bond motifs is 1. The lowest BCUT2D eigenvalue weighted by atomic mass is 9.88. The lowest BCUT2D eigenvalue weighted by molar-refractivity contribution is -0.137. The number of piperidine rings is 1. The van der Waals surface area contributed by atoms with Crippen molar-refractivity contribution >= 4 is 16.8 Å². The van der Waals surface area contributed by atoms with E-state index >= 15 is 0 Å². The van der Waals surface area contributed by atoms with Gasteiger partial charge in [-0.25, -0.2) is 0 Å². The first-order valence-electron chi connectivity index (χ1n) is 15.0. The summed E-state index contributed by atoms with van der Waals surface area (Å²) in [7, 11) is 1.95. The van der Waals surface area contributed by atoms with Gasteiger partial charge in [0, 0.05) is 69.1 Å². The van der Waals surface area contributed by atoms with E-state index in [1.54, 1.807) is 0 Å². The fourth-order valence-corrected chi connectivity index (χ4v) is 6.43. The number of likely N-dealkylation sites (tertiary alicyclic amines) is 1. The van der Waals surface area contributed by atoms with E-state index in [0.717, 1.165) is 66.8 Å². The Hall–Kier alpha value is -3.69. The van der Waals surface area contributed by atoms with Crippen LogP contribution in [0.5, 0.6) is 0 Å². The van der Waals surface area contributed by atoms with E-state index in [4.69, 9.17) is 0 Å². The van der Waals surface area contributed by atoms with E-state index in [0.29, 0.717) is 44.3 Å². The number of pyridine rings is 1. The molecule has 2 saturated heterocycles. The first-order chi connectivity index (χ1) is 20.6. The molecule has 226 valence electrons. The number of amides is 1. The minimum absolute atomic E-state index is 0.0216. The van der Waals surface area contributed by atoms with Crippen LogP contribution < -0.4 is 0 Å². The molecule has 0 N–H and O–H groups in total. The van der Waals surface area contributed by atoms with Gasteiger partial charge in [-0.1, -0.05) is 24.3 Å². The molecule has 0 saturated carbocycles. The van der Waals surface area contributed by atoms with Crippen molar-refractivity contribution in [1.82, 2.24) is 24.3 Å². The first-order valence-corrected chi connectivity index (χ1v) is 15.0. The molecule has 2 aromatic heterocycles. The number of alkyl halides is 3. The summed E-state index contributed by atoms with van der Waals surface area (Å²) in [6, 6.07) is 18.2. The second-order valence-electron chi connectivity index (χ2n) is 12.0. The second kappa shape index (κ2) is 12.1. The lowest BCUT2D eigenvalue weighted by Gasteiger charge is -2.34. The monoisotopic (exact) mass is 589 g/mol. The molecule has 9 heteroatoms. The minimum atomic E-state index is -4.33. The highest BCUT2D eigenvalue weighted by Crippen LogP contribution is 2.32. The normalized spacial score (nSPS) is 17.6. The molecule has 2 aliphatic heterocycles. The van der Waals surface area contributed by atoms with Crippen molar-refractivity contribution in [2.75, 3.05) is 39.3 Å². The molecule has 0 radical (unpaired) electrons. The number of hydrogen-bond acceptors (Lipinski definition) is 4. The van der Waals surface area contributed by atoms with Crippen LogP contribution in [0.15, 0.2) is 66.9 Å². The van der Waals surface area contributed by atoms with Crippen molar-refractivity contribution in [2.24, 2.45) is 7.05 Å². The van der Waals surface area contributed by atoms with Crippen molar-refractivity contribution < 1.29 is 18.0 Å². The van der Waals surface area contributed by atoms with Crippen LogP contribution >= 0.6 is 0 Å². The van der Waals surface area contributed by atoms with Gasteiger partial charge in [-0.2, -0.15) is 13.2 Å². The fraction of sp³-hybridized carbons (Fsp3) is 0.412. The Morgan fingerprint density at radius 2 is 1.49 bits per heavy atom. The SMILES string of the molecule is Cc1ccc(CN2CCC(c3ccc4c(c3)cc(C(=O)N3CCN(Cc5ccc(C(F)(F)F)cc5)CC3)n4C)CC2)cn1. The van der Waals surface area contributed by atoms with E-state index in [9.17, 15) is 18.0 Å². The molecule has 6 rings (SSSR count). The topological polar surface area (TPSA) is 44.6 Å². The van der Waals surface area contributed by atoms with Crippen molar-refractivity contribution in [1.29, 1.82) is 0 Å². The first kappa shape index (κ1) is 29.4. The van der Waals surface area contributed by atoms with Gasteiger partial charge in [0.25, 0.3) is 5.91 Å². The second-order valence-corrected chi connectivity index (χ2v) is 12.0. The molecule has 0 aliphatic carbocycles. The minimum Gasteiger partial charge on any atom is -0.340 e. The van der Waals surface area contributed by atoms with Gasteiger partial charge in [-0.15, -0.1) is 0 Å². The number of carbonyl (C=O) groups excluding carboxylic acids is 1. The number of benzene rings is 2. The maximum Gasteiger partial charge on any atom is 0.416 e. The lowest BCUT2D eigenvalue weighted by Crippen LogP contribution is -2.48. The summed E-state index contributed by atoms with van der Waals surface area (Å²) in [6.45, 7) is 8.16. The third-order valence-electron chi connectivity index (χ3n) is 9.07. The maximum absolute atomic E-state index is 13.5. The third-order valence-corrected chi connectivity index (χ3v) is 9.07. The zero-order valence-corrected chi connectivity index (χ0v) is 24.8. The van der Waals surface area contributed by atoms with Gasteiger partial charge in [0.15, 0.2) is 0 Å². The molecule has 0 bridgehead atoms. The molecule has 0 atom stereocenters. The van der Waals surface area contributed by atoms with Crippen LogP contribution in [0.4, 0.5) is 13.2 Å². The van der Waals surface area contributed by atoms with Gasteiger partial charge in [-0.3, -0.25) is 19.6 Å². The number of hydrogen-bond donors (Lipinski definition) is 0. The highest BCUT2D eigenvalue weighted by Gasteiger charge is 2.30. The highest BCUT2D eigenvalue weighted by atomic mass is 19.4. The molecule has 4 aromatic rings. The predicted octanol–water partition coefficient (Wildman–Crippen LogP) is 6.24. The van der Waals surface area contributed by atoms with Crippen LogP contribution in [-0.2, 0) is 26.3 Å². The van der Waals surface area contributed by atoms with Crippen molar-refractivity contribution in [2.45, 2.75) is 44.9 Å². The number of rotatable bonds is 6. The molecule has 1 amide bonds. The smallest absolute Gasteiger partial charge is 0.340 e. The molecular formula is C34H38F3N5O. The Labute approximate surface area is 250 Å². The largest absolute Gasteiger partial charge is 0.416 e. The fourth-order valence-electron chi connectivity index (χ4n) is 6.43. The van der Waals surface area contributed by atoms with Gasteiger partial charge in [0.05, 0.1) is 5.56 Å². The van der Waals surface area contributed by atoms with Gasteiger partial charge < -0.3 is 9.47 Å². The third kappa shape index (κ3) is 6.63. The number of aromatic nitrogens is 2. The predicted molar refractivity (Wildman–Crippen MR) is 162 cm³/mol. The number of halogens is 3. The van der Waals surface area contributed by atoms with Crippen molar-refractivity contribution in [3.05, 3.63) is 101 Å². The van der Waals surface area contributed by atoms with Crippen molar-refractivity contribution in [3.8, 4) is 0 Å². The zero-order chi connectivity index (χ0) is 30.1. The molecule has 0 unspecified atom stereocenters. The zero-order valence-electron chi connectivity index (χ0n) is 24.8. The Morgan fingerprint density at radius 3 is 2.14 bits per heavy atom. The Balaban J connectivity index is 1.05. The van der Waals surface area contributed by atoms with E-state index in [-0.39, 0.29) is 5.91 Å². The molecule has 2 fully saturated rings. The Bertz CT molecular complexity index is 1560. The van der Waals surface area contributed by atoms with E-state index in [1.807, 2.05) is 35.7 Å². The molecule has 4 heterocycles. The quantitative estimate of drug-likeness (QED) is 0.267. The Morgan fingerprint density at radius 1 is 0.837 bits per heavy atom. The number of piperazine rings is 1. The summed E-state index contributed by atoms with van der Waals surface area (Å²) in [5, 5.41) is 1.09. The average Bonchev–Trinajstić information content (AvgIpc) is 3.34. The molecule has 0 spiro atoms. The summed E-state index contributed by atoms with van der Waals surface area (Å²) in [6.07, 6.45) is -0.126. The van der Waals surface area contributed by atoms with Gasteiger partial charge in [0.1, 0.15) is 5.69 Å². The van der Waals surface area contributed by atoms with Crippen LogP contribution in [0.3, 0.4) is 0 Å². The summed E-state index contributed by atoms with van der Waals surface area (Å²) in [5.41, 5.74) is 5.58. The van der Waals surface area contributed by atoms with Crippen molar-refractivity contribution in [3.63, 3.8) is 0 Å². The molecule has 6 nitrogen and oxygen atoms in total. The summed E-state index contributed by atoms with van der Waals surface area (Å²) >= 11 is 0. The molecule has 2 aliphatic rings. The Kier molecular flexibility index (Phi) is 8.29. The van der Waals surface area contributed by atoms with Crippen LogP contribution in [0.25, 0.3) is 10.9 Å². The standard InChI is InChI=1S/C34H38F3N5O/c1-24-3-4-26(21-38-24)23-40-13-11-27(12-14-40)28-7-10-31-29(19-28)20-32(39(31)2)33(43)42-17-15-41(16-18-42)22-25-5-8-30(9-6-25)34(35,36)37/h3-10,19-21,27H,11-18,22-23H2,1-2H3. The van der Waals surface area contributed by atoms with Gasteiger partial charge in [-0.05, 0) is 91.9 Å². The molecule has 2 aromatic carbocycles. The number of carbonyl (C=O) groups is 1.